The van der Waals surface area contributed by atoms with Crippen molar-refractivity contribution in [1.29, 1.82) is 0 Å². The minimum absolute atomic E-state index is 0.00149. The molecule has 9 nitrogen and oxygen atoms in total. The van der Waals surface area contributed by atoms with E-state index in [-0.39, 0.29) is 18.1 Å². The Morgan fingerprint density at radius 2 is 1.96 bits per heavy atom. The molecule has 1 heterocycles. The number of nitrogens with zero attached hydrogens (tertiary/aromatic N) is 1. The first-order chi connectivity index (χ1) is 13.4. The molecule has 0 unspecified atom stereocenters. The maximum absolute atomic E-state index is 11.9. The molecule has 2 aromatic rings. The number of nitrogens with one attached hydrogen (secondary N) is 2. The van der Waals surface area contributed by atoms with E-state index in [1.165, 1.54) is 7.11 Å². The van der Waals surface area contributed by atoms with Gasteiger partial charge in [0.25, 0.3) is 11.8 Å². The Hall–Kier alpha value is -3.27. The number of carbonyl (C=O) groups is 4. The highest BCUT2D eigenvalue weighted by Gasteiger charge is 2.13. The van der Waals surface area contributed by atoms with Crippen molar-refractivity contribution in [3.05, 3.63) is 46.5 Å². The van der Waals surface area contributed by atoms with Gasteiger partial charge in [-0.25, -0.2) is 4.98 Å². The van der Waals surface area contributed by atoms with Crippen LogP contribution in [0.5, 0.6) is 0 Å². The average molecular weight is 405 g/mol. The monoisotopic (exact) mass is 405 g/mol. The van der Waals surface area contributed by atoms with Gasteiger partial charge in [0, 0.05) is 10.9 Å². The minimum atomic E-state index is -0.748. The van der Waals surface area contributed by atoms with E-state index in [1.54, 1.807) is 23.6 Å². The first kappa shape index (κ1) is 21.0. The van der Waals surface area contributed by atoms with E-state index in [2.05, 4.69) is 20.4 Å². The van der Waals surface area contributed by atoms with Gasteiger partial charge in [-0.2, -0.15) is 0 Å². The van der Waals surface area contributed by atoms with Crippen molar-refractivity contribution < 1.29 is 28.7 Å². The summed E-state index contributed by atoms with van der Waals surface area (Å²) < 4.78 is 9.35. The molecule has 0 bridgehead atoms. The summed E-state index contributed by atoms with van der Waals surface area (Å²) in [5, 5.41) is 6.77. The Kier molecular flexibility index (Phi) is 7.64. The van der Waals surface area contributed by atoms with Gasteiger partial charge in [0.1, 0.15) is 6.54 Å². The number of aryl methyl sites for hydroxylation is 1. The number of methoxy groups -OCH3 is 1. The molecule has 0 aliphatic heterocycles. The standard InChI is InChI=1S/C18H19N3O6S/c1-11-4-3-5-12(6-11)17(25)19-8-16(24)27-9-14(22)21-18-20-13(10-28-18)7-15(23)26-2/h3-6,10H,7-9H2,1-2H3,(H,19,25)(H,20,21,22). The molecule has 0 saturated heterocycles. The Labute approximate surface area is 165 Å². The largest absolute Gasteiger partial charge is 0.469 e. The number of aromatic nitrogens is 1. The average Bonchev–Trinajstić information content (AvgIpc) is 3.10. The van der Waals surface area contributed by atoms with Crippen LogP contribution in [0.3, 0.4) is 0 Å². The van der Waals surface area contributed by atoms with Crippen LogP contribution in [0.1, 0.15) is 21.6 Å². The van der Waals surface area contributed by atoms with Gasteiger partial charge in [0.15, 0.2) is 11.7 Å². The van der Waals surface area contributed by atoms with Gasteiger partial charge in [-0.1, -0.05) is 17.7 Å². The molecular formula is C18H19N3O6S. The molecule has 10 heteroatoms. The van der Waals surface area contributed by atoms with E-state index in [1.807, 2.05) is 13.0 Å². The highest BCUT2D eigenvalue weighted by molar-refractivity contribution is 7.13. The van der Waals surface area contributed by atoms with Crippen LogP contribution in [0.2, 0.25) is 0 Å². The lowest BCUT2D eigenvalue weighted by molar-refractivity contribution is -0.146. The van der Waals surface area contributed by atoms with Crippen LogP contribution in [0.4, 0.5) is 5.13 Å². The van der Waals surface area contributed by atoms with Crippen LogP contribution in [0.15, 0.2) is 29.6 Å². The second-order valence-electron chi connectivity index (χ2n) is 5.66. The summed E-state index contributed by atoms with van der Waals surface area (Å²) in [7, 11) is 1.27. The molecule has 0 spiro atoms. The first-order valence-corrected chi connectivity index (χ1v) is 9.07. The maximum Gasteiger partial charge on any atom is 0.325 e. The van der Waals surface area contributed by atoms with E-state index in [0.717, 1.165) is 16.9 Å². The molecule has 2 amide bonds. The van der Waals surface area contributed by atoms with Crippen LogP contribution in [-0.2, 0) is 30.3 Å². The second kappa shape index (κ2) is 10.2. The highest BCUT2D eigenvalue weighted by atomic mass is 32.1. The predicted octanol–water partition coefficient (Wildman–Crippen LogP) is 1.08. The van der Waals surface area contributed by atoms with E-state index in [0.29, 0.717) is 11.3 Å². The molecule has 0 atom stereocenters. The number of carbonyl (C=O) groups excluding carboxylic acids is 4. The summed E-state index contributed by atoms with van der Waals surface area (Å²) in [6, 6.07) is 6.91. The van der Waals surface area contributed by atoms with Gasteiger partial charge in [-0.3, -0.25) is 24.5 Å². The molecule has 2 N–H and O–H groups in total. The number of amides is 2. The molecule has 148 valence electrons. The Bertz CT molecular complexity index is 880. The zero-order valence-corrected chi connectivity index (χ0v) is 16.1. The fraction of sp³-hybridized carbons (Fsp3) is 0.278. The molecule has 0 radical (unpaired) electrons. The van der Waals surface area contributed by atoms with E-state index >= 15 is 0 Å². The Morgan fingerprint density at radius 1 is 1.18 bits per heavy atom. The summed E-state index contributed by atoms with van der Waals surface area (Å²) in [4.78, 5) is 50.7. The maximum atomic E-state index is 11.9. The van der Waals surface area contributed by atoms with Gasteiger partial charge in [0.05, 0.1) is 19.2 Å². The van der Waals surface area contributed by atoms with Crippen molar-refractivity contribution in [3.63, 3.8) is 0 Å². The smallest absolute Gasteiger partial charge is 0.325 e. The van der Waals surface area contributed by atoms with Crippen molar-refractivity contribution in [3.8, 4) is 0 Å². The van der Waals surface area contributed by atoms with Crippen LogP contribution < -0.4 is 10.6 Å². The van der Waals surface area contributed by atoms with Gasteiger partial charge >= 0.3 is 11.9 Å². The molecule has 0 fully saturated rings. The lowest BCUT2D eigenvalue weighted by Crippen LogP contribution is -2.32. The van der Waals surface area contributed by atoms with Crippen LogP contribution in [0.25, 0.3) is 0 Å². The molecule has 0 aliphatic rings. The number of hydrogen-bond acceptors (Lipinski definition) is 8. The second-order valence-corrected chi connectivity index (χ2v) is 6.52. The summed E-state index contributed by atoms with van der Waals surface area (Å²) in [6.45, 7) is 0.968. The highest BCUT2D eigenvalue weighted by Crippen LogP contribution is 2.15. The van der Waals surface area contributed by atoms with E-state index in [4.69, 9.17) is 4.74 Å². The van der Waals surface area contributed by atoms with Crippen molar-refractivity contribution in [2.75, 3.05) is 25.6 Å². The number of hydrogen-bond donors (Lipinski definition) is 2. The Morgan fingerprint density at radius 3 is 2.68 bits per heavy atom. The zero-order chi connectivity index (χ0) is 20.5. The number of esters is 2. The van der Waals surface area contributed by atoms with Gasteiger partial charge in [-0.15, -0.1) is 11.3 Å². The van der Waals surface area contributed by atoms with Gasteiger partial charge < -0.3 is 14.8 Å². The quantitative estimate of drug-likeness (QED) is 0.630. The number of ether oxygens (including phenoxy) is 2. The lowest BCUT2D eigenvalue weighted by Gasteiger charge is -2.07. The number of rotatable bonds is 8. The normalized spacial score (nSPS) is 10.1. The number of anilines is 1. The van der Waals surface area contributed by atoms with Gasteiger partial charge in [-0.05, 0) is 19.1 Å². The van der Waals surface area contributed by atoms with Crippen molar-refractivity contribution in [2.45, 2.75) is 13.3 Å². The van der Waals surface area contributed by atoms with E-state index < -0.39 is 30.4 Å². The summed E-state index contributed by atoms with van der Waals surface area (Å²) in [5.74, 6) is -2.19. The van der Waals surface area contributed by atoms with Gasteiger partial charge in [0.2, 0.25) is 0 Å². The van der Waals surface area contributed by atoms with Crippen molar-refractivity contribution in [1.82, 2.24) is 10.3 Å². The third-order valence-electron chi connectivity index (χ3n) is 3.39. The molecule has 2 rings (SSSR count). The summed E-state index contributed by atoms with van der Waals surface area (Å²) in [5.41, 5.74) is 1.81. The molecule has 28 heavy (non-hydrogen) atoms. The number of thiazole rings is 1. The third-order valence-corrected chi connectivity index (χ3v) is 4.20. The molecule has 0 aliphatic carbocycles. The Balaban J connectivity index is 1.71. The molecule has 0 saturated carbocycles. The third kappa shape index (κ3) is 6.80. The fourth-order valence-electron chi connectivity index (χ4n) is 2.06. The van der Waals surface area contributed by atoms with Crippen LogP contribution in [0, 0.1) is 6.92 Å². The number of benzene rings is 1. The molecule has 1 aromatic carbocycles. The minimum Gasteiger partial charge on any atom is -0.469 e. The topological polar surface area (TPSA) is 124 Å². The fourth-order valence-corrected chi connectivity index (χ4v) is 2.79. The van der Waals surface area contributed by atoms with Crippen molar-refractivity contribution in [2.24, 2.45) is 0 Å². The predicted molar refractivity (Wildman–Crippen MR) is 101 cm³/mol. The molecular weight excluding hydrogens is 386 g/mol. The SMILES string of the molecule is COC(=O)Cc1csc(NC(=O)COC(=O)CNC(=O)c2cccc(C)c2)n1. The zero-order valence-electron chi connectivity index (χ0n) is 15.3. The van der Waals surface area contributed by atoms with E-state index in [9.17, 15) is 19.2 Å². The lowest BCUT2D eigenvalue weighted by atomic mass is 10.1. The summed E-state index contributed by atoms with van der Waals surface area (Å²) in [6.07, 6.45) is -0.00149. The first-order valence-electron chi connectivity index (χ1n) is 8.19. The van der Waals surface area contributed by atoms with Crippen LogP contribution in [-0.4, -0.2) is 49.0 Å². The van der Waals surface area contributed by atoms with Crippen molar-refractivity contribution >= 4 is 40.2 Å². The summed E-state index contributed by atoms with van der Waals surface area (Å²) >= 11 is 1.13. The van der Waals surface area contributed by atoms with Crippen LogP contribution >= 0.6 is 11.3 Å². The molecule has 1 aromatic heterocycles.